The van der Waals surface area contributed by atoms with Gasteiger partial charge in [-0.1, -0.05) is 37.6 Å². The predicted octanol–water partition coefficient (Wildman–Crippen LogP) is 3.58. The summed E-state index contributed by atoms with van der Waals surface area (Å²) in [5.74, 6) is -1.56. The van der Waals surface area contributed by atoms with Crippen molar-refractivity contribution in [3.8, 4) is 0 Å². The highest BCUT2D eigenvalue weighted by Gasteiger charge is 2.29. The first-order chi connectivity index (χ1) is 10.5. The van der Waals surface area contributed by atoms with E-state index in [4.69, 9.17) is 0 Å². The van der Waals surface area contributed by atoms with Crippen LogP contribution in [0.5, 0.6) is 0 Å². The number of carboxylic acids is 1. The number of hydrogen-bond acceptors (Lipinski definition) is 3. The summed E-state index contributed by atoms with van der Waals surface area (Å²) < 4.78 is 0. The number of rotatable bonds is 5. The molecule has 0 radical (unpaired) electrons. The molecule has 1 aliphatic carbocycles. The van der Waals surface area contributed by atoms with Crippen LogP contribution in [0.2, 0.25) is 0 Å². The number of benzene rings is 1. The van der Waals surface area contributed by atoms with Crippen LogP contribution in [-0.4, -0.2) is 22.6 Å². The van der Waals surface area contributed by atoms with E-state index >= 15 is 0 Å². The fourth-order valence-corrected chi connectivity index (χ4v) is 2.47. The molecule has 1 aliphatic rings. The minimum Gasteiger partial charge on any atom is -0.478 e. The van der Waals surface area contributed by atoms with E-state index in [0.29, 0.717) is 23.1 Å². The number of carbonyl (C=O) groups is 3. The maximum absolute atomic E-state index is 12.6. The van der Waals surface area contributed by atoms with E-state index in [2.05, 4.69) is 0 Å². The molecule has 1 aromatic carbocycles. The zero-order valence-corrected chi connectivity index (χ0v) is 12.7. The number of allylic oxidation sites excluding steroid dienone is 3. The van der Waals surface area contributed by atoms with Crippen LogP contribution >= 0.6 is 0 Å². The highest BCUT2D eigenvalue weighted by molar-refractivity contribution is 6.28. The molecule has 0 fully saturated rings. The quantitative estimate of drug-likeness (QED) is 0.843. The van der Waals surface area contributed by atoms with Gasteiger partial charge in [0.25, 0.3) is 0 Å². The maximum atomic E-state index is 12.6. The standard InChI is InChI=1S/C18H18O4/c1-3-4-7-12(18(21)22)10-15-11(2)16(19)13-8-5-6-9-14(13)17(15)20/h5-6,8-10H,3-4,7H2,1-2H3,(H,21,22)/b12-10+. The third-order valence-electron chi connectivity index (χ3n) is 3.80. The second kappa shape index (κ2) is 6.52. The molecule has 1 aromatic rings. The summed E-state index contributed by atoms with van der Waals surface area (Å²) >= 11 is 0. The van der Waals surface area contributed by atoms with Crippen LogP contribution in [0.4, 0.5) is 0 Å². The van der Waals surface area contributed by atoms with Crippen molar-refractivity contribution in [2.24, 2.45) is 0 Å². The highest BCUT2D eigenvalue weighted by Crippen LogP contribution is 2.28. The van der Waals surface area contributed by atoms with Crippen LogP contribution in [0.15, 0.2) is 47.1 Å². The number of unbranched alkanes of at least 4 members (excludes halogenated alkanes) is 1. The van der Waals surface area contributed by atoms with Gasteiger partial charge in [-0.05, 0) is 25.8 Å². The lowest BCUT2D eigenvalue weighted by atomic mass is 9.83. The third kappa shape index (κ3) is 2.91. The summed E-state index contributed by atoms with van der Waals surface area (Å²) in [4.78, 5) is 36.2. The number of hydrogen-bond donors (Lipinski definition) is 1. The third-order valence-corrected chi connectivity index (χ3v) is 3.80. The molecule has 0 aliphatic heterocycles. The molecule has 4 heteroatoms. The smallest absolute Gasteiger partial charge is 0.331 e. The first-order valence-corrected chi connectivity index (χ1v) is 7.30. The maximum Gasteiger partial charge on any atom is 0.331 e. The molecule has 114 valence electrons. The fraction of sp³-hybridized carbons (Fsp3) is 0.278. The number of fused-ring (bicyclic) bond motifs is 1. The lowest BCUT2D eigenvalue weighted by Gasteiger charge is -2.17. The Labute approximate surface area is 129 Å². The van der Waals surface area contributed by atoms with Crippen molar-refractivity contribution in [2.75, 3.05) is 0 Å². The molecule has 0 saturated heterocycles. The summed E-state index contributed by atoms with van der Waals surface area (Å²) in [5, 5.41) is 9.28. The van der Waals surface area contributed by atoms with E-state index in [-0.39, 0.29) is 22.7 Å². The number of carbonyl (C=O) groups excluding carboxylic acids is 2. The van der Waals surface area contributed by atoms with E-state index in [9.17, 15) is 19.5 Å². The van der Waals surface area contributed by atoms with Crippen LogP contribution in [0, 0.1) is 0 Å². The predicted molar refractivity (Wildman–Crippen MR) is 83.0 cm³/mol. The number of Topliss-reactive ketones (excluding diaryl/α,β-unsaturated/α-hetero) is 2. The molecule has 2 rings (SSSR count). The van der Waals surface area contributed by atoms with Crippen molar-refractivity contribution in [1.29, 1.82) is 0 Å². The van der Waals surface area contributed by atoms with Crippen LogP contribution in [-0.2, 0) is 4.79 Å². The van der Waals surface area contributed by atoms with E-state index in [1.54, 1.807) is 31.2 Å². The number of aliphatic carboxylic acids is 1. The Morgan fingerprint density at radius 2 is 1.73 bits per heavy atom. The Kier molecular flexibility index (Phi) is 4.71. The van der Waals surface area contributed by atoms with Crippen LogP contribution < -0.4 is 0 Å². The summed E-state index contributed by atoms with van der Waals surface area (Å²) in [6, 6.07) is 6.63. The first-order valence-electron chi connectivity index (χ1n) is 7.30. The molecule has 22 heavy (non-hydrogen) atoms. The van der Waals surface area contributed by atoms with Crippen LogP contribution in [0.1, 0.15) is 53.8 Å². The molecule has 1 N–H and O–H groups in total. The van der Waals surface area contributed by atoms with Crippen molar-refractivity contribution < 1.29 is 19.5 Å². The Hall–Kier alpha value is -2.49. The molecule has 0 saturated carbocycles. The molecule has 0 aromatic heterocycles. The Bertz CT molecular complexity index is 708. The van der Waals surface area contributed by atoms with Gasteiger partial charge in [0.05, 0.1) is 0 Å². The number of ketones is 2. The van der Waals surface area contributed by atoms with Gasteiger partial charge >= 0.3 is 5.97 Å². The molecule has 0 heterocycles. The van der Waals surface area contributed by atoms with Gasteiger partial charge in [0.2, 0.25) is 0 Å². The first kappa shape index (κ1) is 15.9. The summed E-state index contributed by atoms with van der Waals surface area (Å²) in [6.45, 7) is 3.54. The van der Waals surface area contributed by atoms with Crippen LogP contribution in [0.3, 0.4) is 0 Å². The van der Waals surface area contributed by atoms with Crippen molar-refractivity contribution in [3.63, 3.8) is 0 Å². The minimum atomic E-state index is -1.05. The molecule has 0 unspecified atom stereocenters. The second-order valence-electron chi connectivity index (χ2n) is 5.32. The summed E-state index contributed by atoms with van der Waals surface area (Å²) in [7, 11) is 0. The number of carboxylic acid groups (broad SMARTS) is 1. The molecular formula is C18H18O4. The van der Waals surface area contributed by atoms with Gasteiger partial charge in [-0.25, -0.2) is 4.79 Å². The highest BCUT2D eigenvalue weighted by atomic mass is 16.4. The average Bonchev–Trinajstić information content (AvgIpc) is 2.52. The normalized spacial score (nSPS) is 15.1. The van der Waals surface area contributed by atoms with E-state index < -0.39 is 5.97 Å². The van der Waals surface area contributed by atoms with Crippen molar-refractivity contribution in [3.05, 3.63) is 58.2 Å². The second-order valence-corrected chi connectivity index (χ2v) is 5.32. The monoisotopic (exact) mass is 298 g/mol. The fourth-order valence-electron chi connectivity index (χ4n) is 2.47. The molecular weight excluding hydrogens is 280 g/mol. The van der Waals surface area contributed by atoms with E-state index in [1.807, 2.05) is 6.92 Å². The topological polar surface area (TPSA) is 71.4 Å². The molecule has 0 atom stereocenters. The molecule has 0 bridgehead atoms. The zero-order chi connectivity index (χ0) is 16.3. The van der Waals surface area contributed by atoms with Gasteiger partial charge in [0, 0.05) is 27.8 Å². The largest absolute Gasteiger partial charge is 0.478 e. The van der Waals surface area contributed by atoms with Gasteiger partial charge in [-0.3, -0.25) is 9.59 Å². The van der Waals surface area contributed by atoms with Gasteiger partial charge in [-0.2, -0.15) is 0 Å². The summed E-state index contributed by atoms with van der Waals surface area (Å²) in [6.07, 6.45) is 3.33. The van der Waals surface area contributed by atoms with Gasteiger partial charge < -0.3 is 5.11 Å². The van der Waals surface area contributed by atoms with Crippen molar-refractivity contribution >= 4 is 17.5 Å². The summed E-state index contributed by atoms with van der Waals surface area (Å²) in [5.41, 5.74) is 1.38. The van der Waals surface area contributed by atoms with E-state index in [1.165, 1.54) is 6.08 Å². The Morgan fingerprint density at radius 1 is 1.14 bits per heavy atom. The van der Waals surface area contributed by atoms with Gasteiger partial charge in [0.15, 0.2) is 11.6 Å². The SMILES string of the molecule is CCCC/C(=C\C1=C(C)C(=O)c2ccccc2C1=O)C(=O)O. The van der Waals surface area contributed by atoms with Gasteiger partial charge in [-0.15, -0.1) is 0 Å². The minimum absolute atomic E-state index is 0.164. The van der Waals surface area contributed by atoms with Crippen LogP contribution in [0.25, 0.3) is 0 Å². The lowest BCUT2D eigenvalue weighted by molar-refractivity contribution is -0.132. The van der Waals surface area contributed by atoms with Crippen molar-refractivity contribution in [1.82, 2.24) is 0 Å². The Balaban J connectivity index is 2.50. The molecule has 0 amide bonds. The Morgan fingerprint density at radius 3 is 2.27 bits per heavy atom. The molecule has 4 nitrogen and oxygen atoms in total. The van der Waals surface area contributed by atoms with Gasteiger partial charge in [0.1, 0.15) is 0 Å². The lowest BCUT2D eigenvalue weighted by Crippen LogP contribution is -2.20. The van der Waals surface area contributed by atoms with E-state index in [0.717, 1.165) is 12.8 Å². The average molecular weight is 298 g/mol. The zero-order valence-electron chi connectivity index (χ0n) is 12.7. The van der Waals surface area contributed by atoms with Crippen molar-refractivity contribution in [2.45, 2.75) is 33.1 Å². The molecule has 0 spiro atoms.